The Kier molecular flexibility index (Phi) is 8.70. The van der Waals surface area contributed by atoms with Gasteiger partial charge in [-0.15, -0.1) is 22.7 Å². The molecule has 0 saturated heterocycles. The quantitative estimate of drug-likeness (QED) is 0.156. The van der Waals surface area contributed by atoms with Crippen LogP contribution in [0.25, 0.3) is 118 Å². The second-order valence-electron chi connectivity index (χ2n) is 16.2. The standard InChI is InChI=1S/C58H38N2S2/c1-35-21-31-47-49(33-35)61-57(59-47)41-27-23-39(24-28-41)53-45-19-11-9-17-43(45)52(38-15-7-4-8-16-38)56-54(46-20-12-10-18-44(46)51(55(53)56)37-13-5-3-6-14-37)40-25-29-42(30-26-40)58-60-48-32-22-36(2)34-50(48)62-58/h3-34H,1-2H3. The molecule has 2 aromatic heterocycles. The fraction of sp³-hybridized carbons (Fsp3) is 0.0345. The third-order valence-corrected chi connectivity index (χ3v) is 14.4. The van der Waals surface area contributed by atoms with Crippen molar-refractivity contribution in [2.45, 2.75) is 13.8 Å². The van der Waals surface area contributed by atoms with Crippen molar-refractivity contribution < 1.29 is 0 Å². The number of nitrogens with zero attached hydrogens (tertiary/aromatic N) is 2. The molecule has 0 radical (unpaired) electrons. The van der Waals surface area contributed by atoms with E-state index >= 15 is 0 Å². The first-order valence-corrected chi connectivity index (χ1v) is 22.7. The summed E-state index contributed by atoms with van der Waals surface area (Å²) in [6.45, 7) is 4.28. The summed E-state index contributed by atoms with van der Waals surface area (Å²) in [4.78, 5) is 10.1. The van der Waals surface area contributed by atoms with E-state index in [0.717, 1.165) is 32.2 Å². The second kappa shape index (κ2) is 14.7. The summed E-state index contributed by atoms with van der Waals surface area (Å²) in [5, 5.41) is 9.46. The van der Waals surface area contributed by atoms with E-state index < -0.39 is 0 Å². The zero-order valence-electron chi connectivity index (χ0n) is 34.2. The molecule has 4 heteroatoms. The first-order valence-electron chi connectivity index (χ1n) is 21.1. The maximum atomic E-state index is 5.06. The van der Waals surface area contributed by atoms with Crippen molar-refractivity contribution in [3.8, 4) is 65.6 Å². The Hall–Kier alpha value is -7.24. The molecular weight excluding hydrogens is 789 g/mol. The minimum Gasteiger partial charge on any atom is -0.236 e. The van der Waals surface area contributed by atoms with Gasteiger partial charge in [-0.25, -0.2) is 9.97 Å². The maximum absolute atomic E-state index is 5.06. The van der Waals surface area contributed by atoms with Gasteiger partial charge in [0, 0.05) is 11.1 Å². The molecule has 2 nitrogen and oxygen atoms in total. The molecule has 0 aliphatic carbocycles. The summed E-state index contributed by atoms with van der Waals surface area (Å²) >= 11 is 3.52. The Balaban J connectivity index is 1.19. The van der Waals surface area contributed by atoms with Gasteiger partial charge in [-0.3, -0.25) is 0 Å². The Morgan fingerprint density at radius 2 is 0.613 bits per heavy atom. The maximum Gasteiger partial charge on any atom is 0.124 e. The highest BCUT2D eigenvalue weighted by atomic mass is 32.1. The molecule has 0 unspecified atom stereocenters. The van der Waals surface area contributed by atoms with Gasteiger partial charge >= 0.3 is 0 Å². The molecule has 0 aliphatic heterocycles. The third kappa shape index (κ3) is 6.06. The summed E-state index contributed by atoms with van der Waals surface area (Å²) < 4.78 is 2.43. The smallest absolute Gasteiger partial charge is 0.124 e. The molecule has 0 amide bonds. The molecular formula is C58H38N2S2. The molecule has 12 rings (SSSR count). The predicted molar refractivity (Wildman–Crippen MR) is 267 cm³/mol. The van der Waals surface area contributed by atoms with Crippen molar-refractivity contribution in [3.05, 3.63) is 205 Å². The van der Waals surface area contributed by atoms with Gasteiger partial charge < -0.3 is 0 Å². The van der Waals surface area contributed by atoms with Crippen LogP contribution in [0.3, 0.4) is 0 Å². The van der Waals surface area contributed by atoms with E-state index in [1.165, 1.54) is 97.4 Å². The monoisotopic (exact) mass is 826 g/mol. The van der Waals surface area contributed by atoms with Gasteiger partial charge in [-0.2, -0.15) is 0 Å². The van der Waals surface area contributed by atoms with E-state index in [1.54, 1.807) is 22.7 Å². The molecule has 0 N–H and O–H groups in total. The molecule has 10 aromatic carbocycles. The zero-order chi connectivity index (χ0) is 41.3. The molecule has 0 atom stereocenters. The normalized spacial score (nSPS) is 11.7. The lowest BCUT2D eigenvalue weighted by atomic mass is 9.77. The number of aryl methyl sites for hydroxylation is 2. The summed E-state index contributed by atoms with van der Waals surface area (Å²) in [5.41, 5.74) is 16.5. The molecule has 0 bridgehead atoms. The summed E-state index contributed by atoms with van der Waals surface area (Å²) in [6, 6.07) is 71.3. The van der Waals surface area contributed by atoms with Crippen molar-refractivity contribution in [2.24, 2.45) is 0 Å². The van der Waals surface area contributed by atoms with Crippen LogP contribution in [0.4, 0.5) is 0 Å². The van der Waals surface area contributed by atoms with Crippen LogP contribution in [0.1, 0.15) is 11.1 Å². The van der Waals surface area contributed by atoms with Crippen molar-refractivity contribution in [1.29, 1.82) is 0 Å². The number of benzene rings is 10. The molecule has 0 fully saturated rings. The van der Waals surface area contributed by atoms with Crippen LogP contribution >= 0.6 is 22.7 Å². The van der Waals surface area contributed by atoms with Crippen LogP contribution in [0.5, 0.6) is 0 Å². The number of hydrogen-bond acceptors (Lipinski definition) is 4. The Bertz CT molecular complexity index is 3430. The van der Waals surface area contributed by atoms with Gasteiger partial charge in [0.05, 0.1) is 20.4 Å². The van der Waals surface area contributed by atoms with Crippen molar-refractivity contribution >= 4 is 75.4 Å². The zero-order valence-corrected chi connectivity index (χ0v) is 35.8. The minimum atomic E-state index is 1.04. The highest BCUT2D eigenvalue weighted by Gasteiger charge is 2.26. The summed E-state index contributed by atoms with van der Waals surface area (Å²) in [6.07, 6.45) is 0. The third-order valence-electron chi connectivity index (χ3n) is 12.2. The lowest BCUT2D eigenvalue weighted by molar-refractivity contribution is 1.45. The van der Waals surface area contributed by atoms with E-state index in [2.05, 4.69) is 208 Å². The average molecular weight is 827 g/mol. The van der Waals surface area contributed by atoms with E-state index in [1.807, 2.05) is 0 Å². The largest absolute Gasteiger partial charge is 0.236 e. The first kappa shape index (κ1) is 36.6. The average Bonchev–Trinajstić information content (AvgIpc) is 3.95. The summed E-state index contributed by atoms with van der Waals surface area (Å²) in [7, 11) is 0. The van der Waals surface area contributed by atoms with Crippen molar-refractivity contribution in [1.82, 2.24) is 9.97 Å². The van der Waals surface area contributed by atoms with Gasteiger partial charge in [0.2, 0.25) is 0 Å². The van der Waals surface area contributed by atoms with Gasteiger partial charge in [-0.05, 0) is 126 Å². The van der Waals surface area contributed by atoms with Gasteiger partial charge in [0.25, 0.3) is 0 Å². The Morgan fingerprint density at radius 3 is 0.968 bits per heavy atom. The molecule has 12 aromatic rings. The minimum absolute atomic E-state index is 1.04. The molecule has 0 spiro atoms. The van der Waals surface area contributed by atoms with E-state index in [4.69, 9.17) is 9.97 Å². The number of fused-ring (bicyclic) bond motifs is 5. The van der Waals surface area contributed by atoms with E-state index in [0.29, 0.717) is 0 Å². The van der Waals surface area contributed by atoms with E-state index in [-0.39, 0.29) is 0 Å². The van der Waals surface area contributed by atoms with Crippen LogP contribution in [-0.2, 0) is 0 Å². The van der Waals surface area contributed by atoms with Crippen LogP contribution in [0, 0.1) is 13.8 Å². The number of hydrogen-bond donors (Lipinski definition) is 0. The van der Waals surface area contributed by atoms with Crippen LogP contribution < -0.4 is 0 Å². The fourth-order valence-corrected chi connectivity index (χ4v) is 11.5. The second-order valence-corrected chi connectivity index (χ2v) is 18.3. The lowest BCUT2D eigenvalue weighted by Crippen LogP contribution is -1.97. The SMILES string of the molecule is Cc1ccc2nc(-c3ccc(-c4c5ccccc5c(-c5ccccc5)c5c(-c6ccc(-c7nc8ccc(C)cc8s7)cc6)c6ccccc6c(-c6ccccc6)c45)cc3)sc2c1. The lowest BCUT2D eigenvalue weighted by Gasteiger charge is -2.25. The number of thiazole rings is 2. The van der Waals surface area contributed by atoms with Crippen molar-refractivity contribution in [3.63, 3.8) is 0 Å². The highest BCUT2D eigenvalue weighted by Crippen LogP contribution is 2.54. The fourth-order valence-electron chi connectivity index (χ4n) is 9.41. The van der Waals surface area contributed by atoms with Crippen molar-refractivity contribution in [2.75, 3.05) is 0 Å². The molecule has 292 valence electrons. The van der Waals surface area contributed by atoms with Crippen LogP contribution in [0.15, 0.2) is 194 Å². The van der Waals surface area contributed by atoms with Gasteiger partial charge in [-0.1, -0.05) is 170 Å². The topological polar surface area (TPSA) is 25.8 Å². The highest BCUT2D eigenvalue weighted by molar-refractivity contribution is 7.22. The molecule has 0 aliphatic rings. The summed E-state index contributed by atoms with van der Waals surface area (Å²) in [5.74, 6) is 0. The number of aromatic nitrogens is 2. The van der Waals surface area contributed by atoms with Gasteiger partial charge in [0.1, 0.15) is 10.0 Å². The van der Waals surface area contributed by atoms with Gasteiger partial charge in [0.15, 0.2) is 0 Å². The Labute approximate surface area is 368 Å². The molecule has 0 saturated carbocycles. The van der Waals surface area contributed by atoms with E-state index in [9.17, 15) is 0 Å². The molecule has 2 heterocycles. The van der Waals surface area contributed by atoms with Crippen LogP contribution in [-0.4, -0.2) is 9.97 Å². The van der Waals surface area contributed by atoms with Crippen LogP contribution in [0.2, 0.25) is 0 Å². The Morgan fingerprint density at radius 1 is 0.306 bits per heavy atom. The number of rotatable bonds is 6. The first-order chi connectivity index (χ1) is 30.6. The molecule has 62 heavy (non-hydrogen) atoms. The predicted octanol–water partition coefficient (Wildman–Crippen LogP) is 17.0.